The van der Waals surface area contributed by atoms with E-state index in [-0.39, 0.29) is 18.0 Å². The summed E-state index contributed by atoms with van der Waals surface area (Å²) in [6, 6.07) is 0.221. The van der Waals surface area contributed by atoms with Gasteiger partial charge < -0.3 is 26.0 Å². The van der Waals surface area contributed by atoms with E-state index >= 15 is 0 Å². The van der Waals surface area contributed by atoms with Gasteiger partial charge in [0.25, 0.3) is 0 Å². The van der Waals surface area contributed by atoms with Gasteiger partial charge in [0.05, 0.1) is 6.10 Å². The molecule has 2 rings (SSSR count). The molecule has 0 aromatic carbocycles. The van der Waals surface area contributed by atoms with Gasteiger partial charge >= 0.3 is 6.03 Å². The lowest BCUT2D eigenvalue weighted by molar-refractivity contribution is -0.133. The number of hydrogen-bond acceptors (Lipinski definition) is 4. The third kappa shape index (κ3) is 7.91. The maximum atomic E-state index is 12.3. The molecule has 0 bridgehead atoms. The summed E-state index contributed by atoms with van der Waals surface area (Å²) in [5, 5.41) is 5.90. The van der Waals surface area contributed by atoms with Crippen LogP contribution in [0.1, 0.15) is 64.2 Å². The van der Waals surface area contributed by atoms with Crippen molar-refractivity contribution < 1.29 is 14.3 Å². The number of ether oxygens (including phenoxy) is 1. The second-order valence-corrected chi connectivity index (χ2v) is 7.43. The minimum absolute atomic E-state index is 0.0974. The summed E-state index contributed by atoms with van der Waals surface area (Å²) in [6.45, 7) is 3.44. The van der Waals surface area contributed by atoms with Crippen LogP contribution >= 0.6 is 0 Å². The monoisotopic (exact) mass is 368 g/mol. The maximum Gasteiger partial charge on any atom is 0.315 e. The molecular formula is C19H36N4O3. The lowest BCUT2D eigenvalue weighted by atomic mass is 9.96. The zero-order valence-electron chi connectivity index (χ0n) is 16.0. The highest BCUT2D eigenvalue weighted by Crippen LogP contribution is 2.17. The highest BCUT2D eigenvalue weighted by Gasteiger charge is 2.22. The number of nitrogens with zero attached hydrogens (tertiary/aromatic N) is 1. The standard InChI is InChI=1S/C19H36N4O3/c20-11-5-15-26-17-9-13-23(14-10-17)18(24)8-4-12-21-19(25)22-16-6-2-1-3-7-16/h16-17H,1-15,20H2,(H2,21,22,25). The van der Waals surface area contributed by atoms with Crippen molar-refractivity contribution >= 4 is 11.9 Å². The molecule has 0 aromatic rings. The van der Waals surface area contributed by atoms with Crippen LogP contribution in [0.5, 0.6) is 0 Å². The molecule has 1 saturated carbocycles. The van der Waals surface area contributed by atoms with Crippen LogP contribution in [0, 0.1) is 0 Å². The fourth-order valence-electron chi connectivity index (χ4n) is 3.69. The molecule has 1 aliphatic carbocycles. The summed E-state index contributed by atoms with van der Waals surface area (Å²) < 4.78 is 5.77. The van der Waals surface area contributed by atoms with E-state index in [1.807, 2.05) is 4.90 Å². The quantitative estimate of drug-likeness (QED) is 0.540. The minimum atomic E-state index is -0.0974. The van der Waals surface area contributed by atoms with Gasteiger partial charge in [-0.15, -0.1) is 0 Å². The Kier molecular flexibility index (Phi) is 9.77. The second kappa shape index (κ2) is 12.1. The molecule has 1 heterocycles. The lowest BCUT2D eigenvalue weighted by Crippen LogP contribution is -2.43. The average molecular weight is 369 g/mol. The van der Waals surface area contributed by atoms with Gasteiger partial charge in [-0.1, -0.05) is 19.3 Å². The zero-order valence-corrected chi connectivity index (χ0v) is 16.0. The third-order valence-electron chi connectivity index (χ3n) is 5.29. The summed E-state index contributed by atoms with van der Waals surface area (Å²) >= 11 is 0. The van der Waals surface area contributed by atoms with Crippen LogP contribution in [-0.4, -0.2) is 61.8 Å². The van der Waals surface area contributed by atoms with E-state index in [0.717, 1.165) is 45.2 Å². The smallest absolute Gasteiger partial charge is 0.315 e. The normalized spacial score (nSPS) is 19.3. The number of urea groups is 1. The van der Waals surface area contributed by atoms with Crippen LogP contribution in [0.4, 0.5) is 4.79 Å². The summed E-state index contributed by atoms with van der Waals surface area (Å²) in [5.41, 5.74) is 5.47. The number of rotatable bonds is 9. The fourth-order valence-corrected chi connectivity index (χ4v) is 3.69. The Morgan fingerprint density at radius 3 is 2.46 bits per heavy atom. The first-order valence-electron chi connectivity index (χ1n) is 10.3. The predicted molar refractivity (Wildman–Crippen MR) is 102 cm³/mol. The Bertz CT molecular complexity index is 419. The van der Waals surface area contributed by atoms with Gasteiger partial charge in [0.15, 0.2) is 0 Å². The third-order valence-corrected chi connectivity index (χ3v) is 5.29. The van der Waals surface area contributed by atoms with Crippen LogP contribution in [0.25, 0.3) is 0 Å². The average Bonchev–Trinajstić information content (AvgIpc) is 2.66. The molecule has 150 valence electrons. The van der Waals surface area contributed by atoms with E-state index < -0.39 is 0 Å². The van der Waals surface area contributed by atoms with Gasteiger partial charge in [-0.05, 0) is 45.1 Å². The lowest BCUT2D eigenvalue weighted by Gasteiger charge is -2.32. The molecule has 0 unspecified atom stereocenters. The summed E-state index contributed by atoms with van der Waals surface area (Å²) in [4.78, 5) is 26.1. The number of hydrogen-bond donors (Lipinski definition) is 3. The van der Waals surface area contributed by atoms with Crippen LogP contribution in [-0.2, 0) is 9.53 Å². The number of piperidine rings is 1. The van der Waals surface area contributed by atoms with Crippen molar-refractivity contribution in [3.63, 3.8) is 0 Å². The Morgan fingerprint density at radius 2 is 1.77 bits per heavy atom. The van der Waals surface area contributed by atoms with Crippen LogP contribution in [0.3, 0.4) is 0 Å². The molecule has 0 radical (unpaired) electrons. The van der Waals surface area contributed by atoms with Crippen molar-refractivity contribution in [1.82, 2.24) is 15.5 Å². The van der Waals surface area contributed by atoms with E-state index in [1.54, 1.807) is 0 Å². The van der Waals surface area contributed by atoms with Gasteiger partial charge in [-0.25, -0.2) is 4.79 Å². The molecule has 0 aromatic heterocycles. The van der Waals surface area contributed by atoms with Crippen molar-refractivity contribution in [2.75, 3.05) is 32.8 Å². The number of nitrogens with two attached hydrogens (primary N) is 1. The van der Waals surface area contributed by atoms with Crippen molar-refractivity contribution in [1.29, 1.82) is 0 Å². The molecule has 4 N–H and O–H groups in total. The number of carbonyl (C=O) groups is 2. The highest BCUT2D eigenvalue weighted by atomic mass is 16.5. The summed E-state index contributed by atoms with van der Waals surface area (Å²) in [7, 11) is 0. The molecule has 3 amide bonds. The Labute approximate surface area is 157 Å². The first kappa shape index (κ1) is 21.0. The van der Waals surface area contributed by atoms with E-state index in [4.69, 9.17) is 10.5 Å². The zero-order chi connectivity index (χ0) is 18.6. The first-order chi connectivity index (χ1) is 12.7. The Balaban J connectivity index is 1.50. The summed E-state index contributed by atoms with van der Waals surface area (Å²) in [5.74, 6) is 0.180. The molecular weight excluding hydrogens is 332 g/mol. The number of amides is 3. The van der Waals surface area contributed by atoms with E-state index in [0.29, 0.717) is 38.6 Å². The largest absolute Gasteiger partial charge is 0.378 e. The predicted octanol–water partition coefficient (Wildman–Crippen LogP) is 1.75. The molecule has 2 fully saturated rings. The first-order valence-corrected chi connectivity index (χ1v) is 10.3. The van der Waals surface area contributed by atoms with E-state index in [9.17, 15) is 9.59 Å². The number of nitrogens with one attached hydrogen (secondary N) is 2. The van der Waals surface area contributed by atoms with Gasteiger partial charge in [-0.3, -0.25) is 4.79 Å². The van der Waals surface area contributed by atoms with Gasteiger partial charge in [-0.2, -0.15) is 0 Å². The number of carbonyl (C=O) groups excluding carboxylic acids is 2. The SMILES string of the molecule is NCCCOC1CCN(C(=O)CCCNC(=O)NC2CCCCC2)CC1. The van der Waals surface area contributed by atoms with Gasteiger partial charge in [0, 0.05) is 38.7 Å². The molecule has 7 heteroatoms. The van der Waals surface area contributed by atoms with Crippen LogP contribution < -0.4 is 16.4 Å². The van der Waals surface area contributed by atoms with Gasteiger partial charge in [0.1, 0.15) is 0 Å². The van der Waals surface area contributed by atoms with Crippen molar-refractivity contribution in [3.05, 3.63) is 0 Å². The number of likely N-dealkylation sites (tertiary alicyclic amines) is 1. The van der Waals surface area contributed by atoms with Crippen molar-refractivity contribution in [2.24, 2.45) is 5.73 Å². The topological polar surface area (TPSA) is 96.7 Å². The Morgan fingerprint density at radius 1 is 1.04 bits per heavy atom. The van der Waals surface area contributed by atoms with E-state index in [2.05, 4.69) is 10.6 Å². The molecule has 0 spiro atoms. The maximum absolute atomic E-state index is 12.3. The van der Waals surface area contributed by atoms with Gasteiger partial charge in [0.2, 0.25) is 5.91 Å². The highest BCUT2D eigenvalue weighted by molar-refractivity contribution is 5.76. The minimum Gasteiger partial charge on any atom is -0.378 e. The molecule has 0 atom stereocenters. The van der Waals surface area contributed by atoms with Crippen LogP contribution in [0.2, 0.25) is 0 Å². The van der Waals surface area contributed by atoms with E-state index in [1.165, 1.54) is 19.3 Å². The summed E-state index contributed by atoms with van der Waals surface area (Å²) in [6.07, 6.45) is 9.97. The fraction of sp³-hybridized carbons (Fsp3) is 0.895. The molecule has 2 aliphatic rings. The molecule has 26 heavy (non-hydrogen) atoms. The second-order valence-electron chi connectivity index (χ2n) is 7.43. The molecule has 1 saturated heterocycles. The molecule has 1 aliphatic heterocycles. The van der Waals surface area contributed by atoms with Crippen molar-refractivity contribution in [2.45, 2.75) is 76.4 Å². The molecule has 7 nitrogen and oxygen atoms in total. The van der Waals surface area contributed by atoms with Crippen LogP contribution in [0.15, 0.2) is 0 Å². The van der Waals surface area contributed by atoms with Crippen molar-refractivity contribution in [3.8, 4) is 0 Å². The Hall–Kier alpha value is -1.34.